The number of benzene rings is 4. The molecule has 0 saturated heterocycles. The summed E-state index contributed by atoms with van der Waals surface area (Å²) in [5.74, 6) is -2.16. The number of halogens is 1. The molecular formula is C37H37FO4. The molecule has 0 aromatic heterocycles. The van der Waals surface area contributed by atoms with Gasteiger partial charge in [-0.25, -0.2) is 9.18 Å². The molecule has 1 unspecified atom stereocenters. The fourth-order valence-electron chi connectivity index (χ4n) is 6.01. The Morgan fingerprint density at radius 3 is 2.14 bits per heavy atom. The van der Waals surface area contributed by atoms with Gasteiger partial charge in [0.05, 0.1) is 11.5 Å². The second kappa shape index (κ2) is 11.6. The molecule has 1 N–H and O–H groups in total. The van der Waals surface area contributed by atoms with E-state index in [-0.39, 0.29) is 22.2 Å². The molecule has 0 fully saturated rings. The normalized spacial score (nSPS) is 15.8. The SMILES string of the molecule is CC1(C)CCC(C)(C)c2cc(C(Cc3ccc(F)cc3)C(=O)Oc3ccc(C(=O)O)c(Cc4ccccc4)c3)ccc21. The van der Waals surface area contributed by atoms with Gasteiger partial charge in [0.25, 0.3) is 0 Å². The summed E-state index contributed by atoms with van der Waals surface area (Å²) >= 11 is 0. The zero-order valence-electron chi connectivity index (χ0n) is 24.6. The number of hydrogen-bond acceptors (Lipinski definition) is 3. The minimum absolute atomic E-state index is 0.0375. The summed E-state index contributed by atoms with van der Waals surface area (Å²) in [6.07, 6.45) is 2.86. The minimum Gasteiger partial charge on any atom is -0.478 e. The monoisotopic (exact) mass is 564 g/mol. The molecule has 0 heterocycles. The lowest BCUT2D eigenvalue weighted by Crippen LogP contribution is -2.34. The number of hydrogen-bond donors (Lipinski definition) is 1. The van der Waals surface area contributed by atoms with Crippen molar-refractivity contribution >= 4 is 11.9 Å². The number of fused-ring (bicyclic) bond motifs is 1. The van der Waals surface area contributed by atoms with Crippen LogP contribution in [0.3, 0.4) is 0 Å². The number of aromatic carboxylic acids is 1. The lowest BCUT2D eigenvalue weighted by molar-refractivity contribution is -0.136. The van der Waals surface area contributed by atoms with Crippen molar-refractivity contribution in [2.24, 2.45) is 0 Å². The predicted octanol–water partition coefficient (Wildman–Crippen LogP) is 8.40. The van der Waals surface area contributed by atoms with Crippen molar-refractivity contribution in [1.82, 2.24) is 0 Å². The van der Waals surface area contributed by atoms with Gasteiger partial charge in [-0.1, -0.05) is 88.4 Å². The van der Waals surface area contributed by atoms with Crippen LogP contribution in [0.1, 0.15) is 90.2 Å². The Balaban J connectivity index is 1.51. The van der Waals surface area contributed by atoms with E-state index < -0.39 is 17.9 Å². The zero-order chi connectivity index (χ0) is 30.1. The lowest BCUT2D eigenvalue weighted by atomic mass is 9.62. The van der Waals surface area contributed by atoms with E-state index in [4.69, 9.17) is 4.74 Å². The molecule has 0 bridgehead atoms. The summed E-state index contributed by atoms with van der Waals surface area (Å²) in [6.45, 7) is 9.02. The second-order valence-corrected chi connectivity index (χ2v) is 12.7. The van der Waals surface area contributed by atoms with Gasteiger partial charge in [-0.15, -0.1) is 0 Å². The molecule has 42 heavy (non-hydrogen) atoms. The van der Waals surface area contributed by atoms with Crippen molar-refractivity contribution in [3.63, 3.8) is 0 Å². The molecule has 0 aliphatic heterocycles. The summed E-state index contributed by atoms with van der Waals surface area (Å²) in [7, 11) is 0. The van der Waals surface area contributed by atoms with Crippen LogP contribution in [0.15, 0.2) is 91.0 Å². The molecule has 0 amide bonds. The van der Waals surface area contributed by atoms with Crippen molar-refractivity contribution in [3.05, 3.63) is 136 Å². The molecule has 0 radical (unpaired) electrons. The quantitative estimate of drug-likeness (QED) is 0.172. The summed E-state index contributed by atoms with van der Waals surface area (Å²) in [6, 6.07) is 26.7. The molecule has 1 aliphatic carbocycles. The van der Waals surface area contributed by atoms with E-state index in [2.05, 4.69) is 39.8 Å². The van der Waals surface area contributed by atoms with Crippen molar-refractivity contribution in [2.75, 3.05) is 0 Å². The molecule has 4 aromatic carbocycles. The smallest absolute Gasteiger partial charge is 0.335 e. The number of esters is 1. The summed E-state index contributed by atoms with van der Waals surface area (Å²) in [4.78, 5) is 25.9. The number of carboxylic acids is 1. The van der Waals surface area contributed by atoms with Crippen molar-refractivity contribution in [1.29, 1.82) is 0 Å². The number of carbonyl (C=O) groups excluding carboxylic acids is 1. The fraction of sp³-hybridized carbons (Fsp3) is 0.297. The third kappa shape index (κ3) is 6.30. The van der Waals surface area contributed by atoms with Gasteiger partial charge in [-0.2, -0.15) is 0 Å². The Hall–Kier alpha value is -4.25. The molecule has 5 heteroatoms. The van der Waals surface area contributed by atoms with Crippen LogP contribution >= 0.6 is 0 Å². The maximum atomic E-state index is 13.9. The first-order chi connectivity index (χ1) is 19.9. The van der Waals surface area contributed by atoms with Crippen LogP contribution in [0.25, 0.3) is 0 Å². The molecule has 4 nitrogen and oxygen atoms in total. The van der Waals surface area contributed by atoms with Gasteiger partial charge in [0.1, 0.15) is 11.6 Å². The Morgan fingerprint density at radius 1 is 0.810 bits per heavy atom. The third-order valence-electron chi connectivity index (χ3n) is 8.68. The summed E-state index contributed by atoms with van der Waals surface area (Å²) in [5.41, 5.74) is 5.89. The maximum Gasteiger partial charge on any atom is 0.335 e. The third-order valence-corrected chi connectivity index (χ3v) is 8.68. The van der Waals surface area contributed by atoms with Crippen LogP contribution in [0.4, 0.5) is 4.39 Å². The van der Waals surface area contributed by atoms with Crippen LogP contribution < -0.4 is 4.74 Å². The first kappa shape index (κ1) is 29.2. The van der Waals surface area contributed by atoms with Crippen molar-refractivity contribution in [3.8, 4) is 5.75 Å². The van der Waals surface area contributed by atoms with Gasteiger partial charge < -0.3 is 9.84 Å². The standard InChI is InChI=1S/C37H37FO4/c1-36(2)18-19-37(3,4)33-23-26(12-17-32(33)36)31(21-25-10-13-28(38)14-11-25)35(41)42-29-15-16-30(34(39)40)27(22-29)20-24-8-6-5-7-9-24/h5-17,22-23,31H,18-21H2,1-4H3,(H,39,40). The zero-order valence-corrected chi connectivity index (χ0v) is 24.6. The predicted molar refractivity (Wildman–Crippen MR) is 163 cm³/mol. The Labute approximate surface area is 247 Å². The van der Waals surface area contributed by atoms with Crippen LogP contribution in [0.2, 0.25) is 0 Å². The number of rotatable bonds is 8. The first-order valence-corrected chi connectivity index (χ1v) is 14.4. The van der Waals surface area contributed by atoms with Crippen molar-refractivity contribution < 1.29 is 23.8 Å². The largest absolute Gasteiger partial charge is 0.478 e. The number of carboxylic acid groups (broad SMARTS) is 1. The number of carbonyl (C=O) groups is 2. The highest BCUT2D eigenvalue weighted by atomic mass is 19.1. The van der Waals surface area contributed by atoms with E-state index in [1.807, 2.05) is 36.4 Å². The highest BCUT2D eigenvalue weighted by molar-refractivity contribution is 5.90. The molecule has 4 aromatic rings. The van der Waals surface area contributed by atoms with Gasteiger partial charge in [-0.05, 0) is 100 Å². The van der Waals surface area contributed by atoms with Crippen molar-refractivity contribution in [2.45, 2.75) is 70.1 Å². The van der Waals surface area contributed by atoms with Gasteiger partial charge in [0.15, 0.2) is 0 Å². The molecule has 0 spiro atoms. The fourth-order valence-corrected chi connectivity index (χ4v) is 6.01. The van der Waals surface area contributed by atoms with E-state index in [1.54, 1.807) is 18.2 Å². The highest BCUT2D eigenvalue weighted by Crippen LogP contribution is 2.46. The molecule has 1 aliphatic rings. The molecule has 216 valence electrons. The second-order valence-electron chi connectivity index (χ2n) is 12.7. The van der Waals surface area contributed by atoms with E-state index in [0.717, 1.165) is 29.5 Å². The molecular weight excluding hydrogens is 527 g/mol. The Kier molecular flexibility index (Phi) is 8.05. The first-order valence-electron chi connectivity index (χ1n) is 14.4. The van der Waals surface area contributed by atoms with Gasteiger partial charge in [0.2, 0.25) is 0 Å². The van der Waals surface area contributed by atoms with Crippen LogP contribution in [-0.4, -0.2) is 17.0 Å². The average Bonchev–Trinajstić information content (AvgIpc) is 2.95. The summed E-state index contributed by atoms with van der Waals surface area (Å²) in [5, 5.41) is 9.78. The van der Waals surface area contributed by atoms with Crippen LogP contribution in [-0.2, 0) is 28.5 Å². The van der Waals surface area contributed by atoms with E-state index in [9.17, 15) is 19.1 Å². The number of ether oxygens (including phenoxy) is 1. The minimum atomic E-state index is -1.03. The lowest BCUT2D eigenvalue weighted by Gasteiger charge is -2.42. The Bertz CT molecular complexity index is 1600. The average molecular weight is 565 g/mol. The van der Waals surface area contributed by atoms with E-state index in [0.29, 0.717) is 24.2 Å². The topological polar surface area (TPSA) is 63.6 Å². The highest BCUT2D eigenvalue weighted by Gasteiger charge is 2.38. The molecule has 5 rings (SSSR count). The van der Waals surface area contributed by atoms with E-state index in [1.165, 1.54) is 35.4 Å². The maximum absolute atomic E-state index is 13.9. The Morgan fingerprint density at radius 2 is 1.48 bits per heavy atom. The van der Waals surface area contributed by atoms with Gasteiger partial charge in [-0.3, -0.25) is 4.79 Å². The van der Waals surface area contributed by atoms with Gasteiger partial charge >= 0.3 is 11.9 Å². The summed E-state index contributed by atoms with van der Waals surface area (Å²) < 4.78 is 19.7. The van der Waals surface area contributed by atoms with E-state index >= 15 is 0 Å². The molecule has 1 atom stereocenters. The molecule has 0 saturated carbocycles. The van der Waals surface area contributed by atoms with Gasteiger partial charge in [0, 0.05) is 0 Å². The van der Waals surface area contributed by atoms with Crippen LogP contribution in [0.5, 0.6) is 5.75 Å². The van der Waals surface area contributed by atoms with Crippen LogP contribution in [0, 0.1) is 5.82 Å².